The summed E-state index contributed by atoms with van der Waals surface area (Å²) in [7, 11) is -0.898. The second kappa shape index (κ2) is 5.25. The van der Waals surface area contributed by atoms with E-state index in [9.17, 15) is 13.2 Å². The van der Waals surface area contributed by atoms with E-state index in [1.807, 2.05) is 0 Å². The fraction of sp³-hybridized carbons (Fsp3) is 0.273. The van der Waals surface area contributed by atoms with Gasteiger partial charge < -0.3 is 4.74 Å². The number of carbonyl (C=O) groups excluding carboxylic acids is 1. The lowest BCUT2D eigenvalue weighted by molar-refractivity contribution is 0.0607. The maximum atomic E-state index is 12.3. The molecular weight excluding hydrogens is 302 g/mol. The van der Waals surface area contributed by atoms with Crippen LogP contribution in [0.3, 0.4) is 0 Å². The summed E-state index contributed by atoms with van der Waals surface area (Å²) in [5.41, 5.74) is 0.706. The van der Waals surface area contributed by atoms with Gasteiger partial charge in [-0.2, -0.15) is 5.10 Å². The van der Waals surface area contributed by atoms with Gasteiger partial charge in [-0.05, 0) is 18.4 Å². The molecule has 1 N–H and O–H groups in total. The first-order valence-electron chi connectivity index (χ1n) is 5.54. The molecule has 108 valence electrons. The fourth-order valence-corrected chi connectivity index (χ4v) is 3.69. The molecule has 0 radical (unpaired) electrons. The van der Waals surface area contributed by atoms with Gasteiger partial charge in [-0.25, -0.2) is 13.2 Å². The maximum Gasteiger partial charge on any atom is 0.350 e. The number of ether oxygens (including phenoxy) is 1. The second-order valence-corrected chi connectivity index (χ2v) is 6.55. The molecule has 0 saturated carbocycles. The fourth-order valence-electron chi connectivity index (χ4n) is 1.58. The Morgan fingerprint density at radius 3 is 2.75 bits per heavy atom. The Morgan fingerprint density at radius 1 is 1.50 bits per heavy atom. The molecule has 0 atom stereocenters. The van der Waals surface area contributed by atoms with Crippen molar-refractivity contribution in [1.29, 1.82) is 0 Å². The van der Waals surface area contributed by atoms with Gasteiger partial charge in [0.2, 0.25) is 0 Å². The molecule has 0 bridgehead atoms. The third kappa shape index (κ3) is 2.54. The zero-order valence-electron chi connectivity index (χ0n) is 11.1. The number of hydrogen-bond donors (Lipinski definition) is 1. The van der Waals surface area contributed by atoms with Crippen LogP contribution < -0.4 is 4.72 Å². The molecule has 0 aliphatic carbocycles. The number of nitrogens with one attached hydrogen (secondary N) is 1. The minimum atomic E-state index is -3.79. The van der Waals surface area contributed by atoms with E-state index in [1.54, 1.807) is 19.4 Å². The minimum absolute atomic E-state index is 0.0713. The van der Waals surface area contributed by atoms with Gasteiger partial charge in [0, 0.05) is 7.05 Å². The highest BCUT2D eigenvalue weighted by Gasteiger charge is 2.23. The molecule has 9 heteroatoms. The molecule has 2 aromatic heterocycles. The van der Waals surface area contributed by atoms with E-state index in [-0.39, 0.29) is 15.5 Å². The molecule has 0 saturated heterocycles. The first-order chi connectivity index (χ1) is 9.36. The van der Waals surface area contributed by atoms with Crippen molar-refractivity contribution in [2.75, 3.05) is 11.8 Å². The van der Waals surface area contributed by atoms with Crippen LogP contribution in [0.2, 0.25) is 0 Å². The number of nitrogens with zero attached hydrogens (tertiary/aromatic N) is 2. The van der Waals surface area contributed by atoms with Crippen molar-refractivity contribution >= 4 is 33.0 Å². The first-order valence-corrected chi connectivity index (χ1v) is 7.90. The Bertz CT molecular complexity index is 746. The lowest BCUT2D eigenvalue weighted by atomic mass is 10.4. The van der Waals surface area contributed by atoms with Crippen LogP contribution >= 0.6 is 11.3 Å². The average Bonchev–Trinajstić information content (AvgIpc) is 2.96. The standard InChI is InChI=1S/C11H13N3O4S2/c1-7-9(6-12-14(7)2)20(16,17)13-8-4-5-19-10(8)11(15)18-3/h4-6,13H,1-3H3. The number of esters is 1. The van der Waals surface area contributed by atoms with E-state index >= 15 is 0 Å². The first kappa shape index (κ1) is 14.5. The number of sulfonamides is 1. The van der Waals surface area contributed by atoms with Gasteiger partial charge in [-0.1, -0.05) is 0 Å². The van der Waals surface area contributed by atoms with Gasteiger partial charge in [0.1, 0.15) is 9.77 Å². The van der Waals surface area contributed by atoms with Crippen LogP contribution in [0.5, 0.6) is 0 Å². The average molecular weight is 315 g/mol. The van der Waals surface area contributed by atoms with E-state index < -0.39 is 16.0 Å². The molecule has 0 aliphatic heterocycles. The lowest BCUT2D eigenvalue weighted by Gasteiger charge is -2.07. The highest BCUT2D eigenvalue weighted by molar-refractivity contribution is 7.92. The number of rotatable bonds is 4. The second-order valence-electron chi connectivity index (χ2n) is 3.98. The summed E-state index contributed by atoms with van der Waals surface area (Å²) in [5, 5.41) is 5.51. The lowest BCUT2D eigenvalue weighted by Crippen LogP contribution is -2.15. The van der Waals surface area contributed by atoms with Crippen molar-refractivity contribution < 1.29 is 17.9 Å². The van der Waals surface area contributed by atoms with Gasteiger partial charge in [0.15, 0.2) is 0 Å². The van der Waals surface area contributed by atoms with E-state index in [0.29, 0.717) is 5.69 Å². The van der Waals surface area contributed by atoms with Crippen LogP contribution in [0.1, 0.15) is 15.4 Å². The Morgan fingerprint density at radius 2 is 2.20 bits per heavy atom. The largest absolute Gasteiger partial charge is 0.465 e. The van der Waals surface area contributed by atoms with Crippen molar-refractivity contribution in [3.05, 3.63) is 28.2 Å². The van der Waals surface area contributed by atoms with E-state index in [1.165, 1.54) is 24.1 Å². The van der Waals surface area contributed by atoms with Crippen molar-refractivity contribution in [3.8, 4) is 0 Å². The van der Waals surface area contributed by atoms with Crippen LogP contribution in [-0.2, 0) is 21.8 Å². The van der Waals surface area contributed by atoms with Crippen molar-refractivity contribution in [2.45, 2.75) is 11.8 Å². The maximum absolute atomic E-state index is 12.3. The summed E-state index contributed by atoms with van der Waals surface area (Å²) in [6, 6.07) is 1.51. The molecule has 0 unspecified atom stereocenters. The van der Waals surface area contributed by atoms with Gasteiger partial charge in [0.25, 0.3) is 10.0 Å². The molecule has 0 fully saturated rings. The van der Waals surface area contributed by atoms with Crippen LogP contribution in [0.25, 0.3) is 0 Å². The number of aryl methyl sites for hydroxylation is 1. The van der Waals surface area contributed by atoms with Gasteiger partial charge in [-0.3, -0.25) is 9.40 Å². The Kier molecular flexibility index (Phi) is 3.82. The van der Waals surface area contributed by atoms with Crippen LogP contribution in [0.4, 0.5) is 5.69 Å². The monoisotopic (exact) mass is 315 g/mol. The third-order valence-electron chi connectivity index (χ3n) is 2.76. The Labute approximate surface area is 120 Å². The molecule has 20 heavy (non-hydrogen) atoms. The normalized spacial score (nSPS) is 11.3. The molecule has 7 nitrogen and oxygen atoms in total. The number of anilines is 1. The summed E-state index contributed by atoms with van der Waals surface area (Å²) in [4.78, 5) is 11.8. The zero-order chi connectivity index (χ0) is 14.9. The van der Waals surface area contributed by atoms with Crippen LogP contribution in [0, 0.1) is 6.92 Å². The summed E-state index contributed by atoms with van der Waals surface area (Å²) in [6.07, 6.45) is 1.27. The Balaban J connectivity index is 2.37. The predicted octanol–water partition coefficient (Wildman–Crippen LogP) is 1.38. The highest BCUT2D eigenvalue weighted by Crippen LogP contribution is 2.26. The van der Waals surface area contributed by atoms with Crippen LogP contribution in [-0.4, -0.2) is 31.3 Å². The third-order valence-corrected chi connectivity index (χ3v) is 5.12. The molecule has 2 heterocycles. The number of thiophene rings is 1. The molecule has 0 aliphatic rings. The zero-order valence-corrected chi connectivity index (χ0v) is 12.7. The molecule has 2 aromatic rings. The number of methoxy groups -OCH3 is 1. The van der Waals surface area contributed by atoms with Crippen molar-refractivity contribution in [2.24, 2.45) is 7.05 Å². The molecule has 2 rings (SSSR count). The molecule has 0 amide bonds. The Hall–Kier alpha value is -1.87. The highest BCUT2D eigenvalue weighted by atomic mass is 32.2. The summed E-state index contributed by atoms with van der Waals surface area (Å²) in [6.45, 7) is 1.65. The number of aromatic nitrogens is 2. The van der Waals surface area contributed by atoms with Gasteiger partial charge in [-0.15, -0.1) is 11.3 Å². The quantitative estimate of drug-likeness (QED) is 0.861. The number of carbonyl (C=O) groups is 1. The van der Waals surface area contributed by atoms with Gasteiger partial charge >= 0.3 is 5.97 Å². The SMILES string of the molecule is COC(=O)c1sccc1NS(=O)(=O)c1cnn(C)c1C. The van der Waals surface area contributed by atoms with Crippen molar-refractivity contribution in [1.82, 2.24) is 9.78 Å². The summed E-state index contributed by atoms with van der Waals surface area (Å²) in [5.74, 6) is -0.583. The topological polar surface area (TPSA) is 90.3 Å². The smallest absolute Gasteiger partial charge is 0.350 e. The summed E-state index contributed by atoms with van der Waals surface area (Å²) >= 11 is 1.11. The van der Waals surface area contributed by atoms with Gasteiger partial charge in [0.05, 0.1) is 24.7 Å². The molecular formula is C11H13N3O4S2. The summed E-state index contributed by atoms with van der Waals surface area (Å²) < 4.78 is 33.0. The number of hydrogen-bond acceptors (Lipinski definition) is 6. The minimum Gasteiger partial charge on any atom is -0.465 e. The molecule has 0 aromatic carbocycles. The molecule has 0 spiro atoms. The van der Waals surface area contributed by atoms with Crippen LogP contribution in [0.15, 0.2) is 22.5 Å². The van der Waals surface area contributed by atoms with E-state index in [0.717, 1.165) is 11.3 Å². The van der Waals surface area contributed by atoms with E-state index in [4.69, 9.17) is 0 Å². The van der Waals surface area contributed by atoms with E-state index in [2.05, 4.69) is 14.6 Å². The predicted molar refractivity (Wildman–Crippen MR) is 74.4 cm³/mol. The van der Waals surface area contributed by atoms with Crippen molar-refractivity contribution in [3.63, 3.8) is 0 Å².